The van der Waals surface area contributed by atoms with Crippen LogP contribution in [0.15, 0.2) is 152 Å². The average molecular weight is 564 g/mol. The molecule has 0 atom stereocenters. The van der Waals surface area contributed by atoms with Crippen molar-refractivity contribution >= 4 is 43.9 Å². The Bertz CT molecular complexity index is 2420. The third-order valence-electron chi connectivity index (χ3n) is 8.47. The van der Waals surface area contributed by atoms with E-state index in [1.54, 1.807) is 0 Å². The number of pyridine rings is 3. The van der Waals surface area contributed by atoms with Crippen LogP contribution in [0.2, 0.25) is 0 Å². The quantitative estimate of drug-likeness (QED) is 0.214. The van der Waals surface area contributed by atoms with Gasteiger partial charge in [-0.05, 0) is 70.8 Å². The van der Waals surface area contributed by atoms with Gasteiger partial charge in [0.2, 0.25) is 0 Å². The van der Waals surface area contributed by atoms with Crippen molar-refractivity contribution in [3.05, 3.63) is 152 Å². The molecule has 0 aliphatic rings. The molecule has 0 saturated heterocycles. The number of hydrogen-bond acceptors (Lipinski definition) is 3. The summed E-state index contributed by atoms with van der Waals surface area (Å²) in [6, 6.07) is 44.8. The molecular weight excluding hydrogens is 538 g/mol. The first-order valence-corrected chi connectivity index (χ1v) is 14.7. The van der Waals surface area contributed by atoms with Crippen molar-refractivity contribution in [2.24, 2.45) is 0 Å². The number of rotatable bonds is 4. The van der Waals surface area contributed by atoms with Crippen LogP contribution in [0.25, 0.3) is 77.5 Å². The van der Waals surface area contributed by atoms with Crippen LogP contribution in [0.4, 0.5) is 0 Å². The minimum atomic E-state index is 0.904. The Kier molecular flexibility index (Phi) is 5.43. The standard InChI is InChI=1S/C39H25N5/c1-3-10-26(11-4-1)28-22-29(27-12-5-2-6-13-27)24-31(23-28)44-34-15-8-7-14-32(34)36-38-33(25-42-39(36)44)37-35(16-9-19-41-37)43(38)30-17-20-40-21-18-30/h1-25H. The molecule has 0 spiro atoms. The number of para-hydroxylation sites is 1. The Morgan fingerprint density at radius 3 is 1.84 bits per heavy atom. The van der Waals surface area contributed by atoms with Crippen LogP contribution in [-0.4, -0.2) is 24.1 Å². The summed E-state index contributed by atoms with van der Waals surface area (Å²) in [5, 5.41) is 3.26. The molecule has 0 N–H and O–H groups in total. The summed E-state index contributed by atoms with van der Waals surface area (Å²) in [6.45, 7) is 0. The second-order valence-electron chi connectivity index (χ2n) is 11.0. The summed E-state index contributed by atoms with van der Waals surface area (Å²) < 4.78 is 4.61. The zero-order valence-electron chi connectivity index (χ0n) is 23.7. The predicted molar refractivity (Wildman–Crippen MR) is 179 cm³/mol. The maximum atomic E-state index is 5.18. The monoisotopic (exact) mass is 563 g/mol. The lowest BCUT2D eigenvalue weighted by molar-refractivity contribution is 1.13. The van der Waals surface area contributed by atoms with Gasteiger partial charge in [-0.3, -0.25) is 14.5 Å². The van der Waals surface area contributed by atoms with Crippen molar-refractivity contribution in [3.63, 3.8) is 0 Å². The normalized spacial score (nSPS) is 11.6. The fraction of sp³-hybridized carbons (Fsp3) is 0. The highest BCUT2D eigenvalue weighted by Gasteiger charge is 2.22. The zero-order chi connectivity index (χ0) is 29.0. The van der Waals surface area contributed by atoms with E-state index < -0.39 is 0 Å². The fourth-order valence-electron chi connectivity index (χ4n) is 6.57. The first-order valence-electron chi connectivity index (χ1n) is 14.7. The summed E-state index contributed by atoms with van der Waals surface area (Å²) in [7, 11) is 0. The van der Waals surface area contributed by atoms with Gasteiger partial charge >= 0.3 is 0 Å². The van der Waals surface area contributed by atoms with E-state index in [9.17, 15) is 0 Å². The van der Waals surface area contributed by atoms with Crippen molar-refractivity contribution < 1.29 is 0 Å². The number of hydrogen-bond donors (Lipinski definition) is 0. The summed E-state index contributed by atoms with van der Waals surface area (Å²) in [5.41, 5.74) is 11.8. The molecule has 4 aromatic carbocycles. The Morgan fingerprint density at radius 1 is 0.455 bits per heavy atom. The zero-order valence-corrected chi connectivity index (χ0v) is 23.7. The van der Waals surface area contributed by atoms with E-state index in [0.717, 1.165) is 66.4 Å². The molecule has 0 saturated carbocycles. The second kappa shape index (κ2) is 9.75. The number of aromatic nitrogens is 5. The third-order valence-corrected chi connectivity index (χ3v) is 8.47. The van der Waals surface area contributed by atoms with E-state index in [0.29, 0.717) is 0 Å². The molecule has 0 fully saturated rings. The van der Waals surface area contributed by atoms with Gasteiger partial charge in [-0.2, -0.15) is 0 Å². The van der Waals surface area contributed by atoms with Crippen molar-refractivity contribution in [3.8, 4) is 33.6 Å². The first-order chi connectivity index (χ1) is 21.8. The van der Waals surface area contributed by atoms with E-state index in [1.807, 2.05) is 43.0 Å². The Hall–Kier alpha value is -6.07. The first kappa shape index (κ1) is 24.5. The third kappa shape index (κ3) is 3.69. The van der Waals surface area contributed by atoms with Crippen molar-refractivity contribution in [1.82, 2.24) is 24.1 Å². The Morgan fingerprint density at radius 2 is 1.11 bits per heavy atom. The molecule has 5 nitrogen and oxygen atoms in total. The molecule has 5 heterocycles. The van der Waals surface area contributed by atoms with Crippen LogP contribution < -0.4 is 0 Å². The highest BCUT2D eigenvalue weighted by atomic mass is 15.1. The van der Waals surface area contributed by atoms with Crippen LogP contribution in [0.5, 0.6) is 0 Å². The lowest BCUT2D eigenvalue weighted by Gasteiger charge is -2.14. The fourth-order valence-corrected chi connectivity index (χ4v) is 6.57. The van der Waals surface area contributed by atoms with E-state index >= 15 is 0 Å². The molecule has 9 rings (SSSR count). The van der Waals surface area contributed by atoms with E-state index in [4.69, 9.17) is 9.97 Å². The van der Waals surface area contributed by atoms with Crippen LogP contribution in [0.1, 0.15) is 0 Å². The minimum absolute atomic E-state index is 0.904. The van der Waals surface area contributed by atoms with Gasteiger partial charge in [0, 0.05) is 46.9 Å². The smallest absolute Gasteiger partial charge is 0.147 e. The maximum absolute atomic E-state index is 5.18. The topological polar surface area (TPSA) is 48.5 Å². The number of nitrogens with zero attached hydrogens (tertiary/aromatic N) is 5. The maximum Gasteiger partial charge on any atom is 0.147 e. The Balaban J connectivity index is 1.43. The lowest BCUT2D eigenvalue weighted by atomic mass is 9.98. The highest BCUT2D eigenvalue weighted by Crippen LogP contribution is 2.41. The summed E-state index contributed by atoms with van der Waals surface area (Å²) >= 11 is 0. The van der Waals surface area contributed by atoms with E-state index in [2.05, 4.69) is 123 Å². The molecule has 0 aliphatic heterocycles. The summed E-state index contributed by atoms with van der Waals surface area (Å²) in [4.78, 5) is 14.3. The van der Waals surface area contributed by atoms with E-state index in [1.165, 1.54) is 11.1 Å². The summed E-state index contributed by atoms with van der Waals surface area (Å²) in [5.74, 6) is 0. The SMILES string of the molecule is c1ccc(-c2cc(-c3ccccc3)cc(-n3c4ccccc4c4c3ncc3c5ncccc5n(-c5ccncc5)c34)c2)cc1. The molecule has 0 amide bonds. The average Bonchev–Trinajstić information content (AvgIpc) is 3.62. The van der Waals surface area contributed by atoms with Gasteiger partial charge in [-0.15, -0.1) is 0 Å². The molecule has 44 heavy (non-hydrogen) atoms. The number of benzene rings is 4. The molecular formula is C39H25N5. The van der Waals surface area contributed by atoms with Gasteiger partial charge in [-0.1, -0.05) is 78.9 Å². The predicted octanol–water partition coefficient (Wildman–Crippen LogP) is 9.40. The van der Waals surface area contributed by atoms with Gasteiger partial charge in [0.1, 0.15) is 5.65 Å². The van der Waals surface area contributed by atoms with Gasteiger partial charge in [-0.25, -0.2) is 4.98 Å². The lowest BCUT2D eigenvalue weighted by Crippen LogP contribution is -1.98. The van der Waals surface area contributed by atoms with Gasteiger partial charge in [0.25, 0.3) is 0 Å². The van der Waals surface area contributed by atoms with Gasteiger partial charge < -0.3 is 4.57 Å². The largest absolute Gasteiger partial charge is 0.307 e. The molecule has 206 valence electrons. The van der Waals surface area contributed by atoms with Crippen molar-refractivity contribution in [2.45, 2.75) is 0 Å². The van der Waals surface area contributed by atoms with Crippen LogP contribution >= 0.6 is 0 Å². The molecule has 0 radical (unpaired) electrons. The number of fused-ring (bicyclic) bond motifs is 7. The van der Waals surface area contributed by atoms with Crippen molar-refractivity contribution in [1.29, 1.82) is 0 Å². The second-order valence-corrected chi connectivity index (χ2v) is 11.0. The molecule has 0 unspecified atom stereocenters. The highest BCUT2D eigenvalue weighted by molar-refractivity contribution is 6.24. The molecule has 0 aliphatic carbocycles. The van der Waals surface area contributed by atoms with Crippen molar-refractivity contribution in [2.75, 3.05) is 0 Å². The summed E-state index contributed by atoms with van der Waals surface area (Å²) in [6.07, 6.45) is 7.52. The molecule has 0 bridgehead atoms. The van der Waals surface area contributed by atoms with E-state index in [-0.39, 0.29) is 0 Å². The van der Waals surface area contributed by atoms with Gasteiger partial charge in [0.15, 0.2) is 0 Å². The van der Waals surface area contributed by atoms with Crippen LogP contribution in [0.3, 0.4) is 0 Å². The van der Waals surface area contributed by atoms with Crippen LogP contribution in [0, 0.1) is 0 Å². The van der Waals surface area contributed by atoms with Gasteiger partial charge in [0.05, 0.1) is 27.5 Å². The minimum Gasteiger partial charge on any atom is -0.307 e. The molecule has 9 aromatic rings. The molecule has 5 heteroatoms. The molecule has 5 aromatic heterocycles. The van der Waals surface area contributed by atoms with Crippen LogP contribution in [-0.2, 0) is 0 Å². The Labute approximate surface area is 253 Å².